The lowest BCUT2D eigenvalue weighted by molar-refractivity contribution is -0.116. The molecule has 2 aromatic heterocycles. The van der Waals surface area contributed by atoms with Crippen molar-refractivity contribution in [2.24, 2.45) is 0 Å². The highest BCUT2D eigenvalue weighted by Gasteiger charge is 2.08. The summed E-state index contributed by atoms with van der Waals surface area (Å²) in [7, 11) is 0. The summed E-state index contributed by atoms with van der Waals surface area (Å²) in [6.45, 7) is 0.531. The van der Waals surface area contributed by atoms with Gasteiger partial charge in [-0.3, -0.25) is 14.5 Å². The van der Waals surface area contributed by atoms with Gasteiger partial charge in [-0.1, -0.05) is 18.2 Å². The van der Waals surface area contributed by atoms with Crippen molar-refractivity contribution in [3.63, 3.8) is 0 Å². The number of hydrogen-bond donors (Lipinski definition) is 1. The van der Waals surface area contributed by atoms with Crippen LogP contribution in [0, 0.1) is 0 Å². The smallest absolute Gasteiger partial charge is 0.226 e. The van der Waals surface area contributed by atoms with E-state index in [4.69, 9.17) is 0 Å². The summed E-state index contributed by atoms with van der Waals surface area (Å²) in [6.07, 6.45) is 5.60. The van der Waals surface area contributed by atoms with E-state index in [0.29, 0.717) is 13.0 Å². The average Bonchev–Trinajstić information content (AvgIpc) is 3.03. The summed E-state index contributed by atoms with van der Waals surface area (Å²) < 4.78 is 1.83. The number of carbonyl (C=O) groups is 1. The molecule has 110 valence electrons. The van der Waals surface area contributed by atoms with Crippen LogP contribution in [0.15, 0.2) is 67.1 Å². The molecule has 5 heteroatoms. The molecule has 0 saturated carbocycles. The molecule has 22 heavy (non-hydrogen) atoms. The Morgan fingerprint density at radius 2 is 1.77 bits per heavy atom. The number of nitrogens with one attached hydrogen (secondary N) is 1. The van der Waals surface area contributed by atoms with Gasteiger partial charge in [-0.25, -0.2) is 0 Å². The fourth-order valence-corrected chi connectivity index (χ4v) is 2.23. The van der Waals surface area contributed by atoms with Crippen LogP contribution in [0.25, 0.3) is 11.3 Å². The molecule has 0 radical (unpaired) electrons. The van der Waals surface area contributed by atoms with Crippen molar-refractivity contribution in [3.8, 4) is 11.3 Å². The Morgan fingerprint density at radius 1 is 1.00 bits per heavy atom. The van der Waals surface area contributed by atoms with Crippen LogP contribution in [0.5, 0.6) is 0 Å². The molecule has 0 spiro atoms. The third kappa shape index (κ3) is 3.38. The average molecular weight is 292 g/mol. The van der Waals surface area contributed by atoms with Crippen LogP contribution in [0.4, 0.5) is 5.69 Å². The summed E-state index contributed by atoms with van der Waals surface area (Å²) in [5, 5.41) is 7.16. The zero-order valence-corrected chi connectivity index (χ0v) is 12.0. The topological polar surface area (TPSA) is 59.8 Å². The van der Waals surface area contributed by atoms with E-state index in [1.807, 2.05) is 53.2 Å². The van der Waals surface area contributed by atoms with Crippen molar-refractivity contribution in [1.29, 1.82) is 0 Å². The quantitative estimate of drug-likeness (QED) is 0.786. The lowest BCUT2D eigenvalue weighted by atomic mass is 10.2. The molecular weight excluding hydrogens is 276 g/mol. The highest BCUT2D eigenvalue weighted by atomic mass is 16.1. The minimum atomic E-state index is -0.0256. The summed E-state index contributed by atoms with van der Waals surface area (Å²) in [6, 6.07) is 15.2. The number of hydrogen-bond acceptors (Lipinski definition) is 3. The van der Waals surface area contributed by atoms with Crippen LogP contribution in [-0.2, 0) is 11.3 Å². The Bertz CT molecular complexity index is 738. The van der Waals surface area contributed by atoms with Crippen LogP contribution in [0.3, 0.4) is 0 Å². The van der Waals surface area contributed by atoms with Crippen LogP contribution >= 0.6 is 0 Å². The van der Waals surface area contributed by atoms with Crippen molar-refractivity contribution in [2.45, 2.75) is 13.0 Å². The SMILES string of the molecule is O=C(CCn1nccc1-c1ccncc1)Nc1ccccc1. The number of pyridine rings is 1. The molecule has 2 heterocycles. The highest BCUT2D eigenvalue weighted by molar-refractivity contribution is 5.90. The van der Waals surface area contributed by atoms with Gasteiger partial charge in [0.2, 0.25) is 5.91 Å². The second kappa shape index (κ2) is 6.67. The van der Waals surface area contributed by atoms with E-state index in [2.05, 4.69) is 15.4 Å². The van der Waals surface area contributed by atoms with Gasteiger partial charge in [0.05, 0.1) is 12.2 Å². The Hall–Kier alpha value is -2.95. The Labute approximate surface area is 128 Å². The molecule has 1 aromatic carbocycles. The van der Waals surface area contributed by atoms with Crippen LogP contribution < -0.4 is 5.32 Å². The van der Waals surface area contributed by atoms with E-state index in [1.54, 1.807) is 18.6 Å². The molecule has 3 aromatic rings. The molecule has 0 bridgehead atoms. The second-order valence-electron chi connectivity index (χ2n) is 4.84. The lowest BCUT2D eigenvalue weighted by Crippen LogP contribution is -2.15. The molecule has 0 aliphatic carbocycles. The van der Waals surface area contributed by atoms with E-state index in [9.17, 15) is 4.79 Å². The molecule has 0 saturated heterocycles. The predicted octanol–water partition coefficient (Wildman–Crippen LogP) is 2.97. The Morgan fingerprint density at radius 3 is 2.55 bits per heavy atom. The van der Waals surface area contributed by atoms with E-state index in [0.717, 1.165) is 16.9 Å². The summed E-state index contributed by atoms with van der Waals surface area (Å²) in [4.78, 5) is 16.0. The number of carbonyl (C=O) groups excluding carboxylic acids is 1. The van der Waals surface area contributed by atoms with Gasteiger partial charge in [-0.15, -0.1) is 0 Å². The first kappa shape index (κ1) is 14.0. The number of para-hydroxylation sites is 1. The van der Waals surface area contributed by atoms with Crippen molar-refractivity contribution in [1.82, 2.24) is 14.8 Å². The van der Waals surface area contributed by atoms with E-state index < -0.39 is 0 Å². The first-order chi connectivity index (χ1) is 10.8. The Kier molecular flexibility index (Phi) is 4.25. The van der Waals surface area contributed by atoms with Gasteiger partial charge >= 0.3 is 0 Å². The fraction of sp³-hybridized carbons (Fsp3) is 0.118. The number of benzene rings is 1. The Balaban J connectivity index is 1.63. The summed E-state index contributed by atoms with van der Waals surface area (Å²) in [5.74, 6) is -0.0256. The maximum atomic E-state index is 12.0. The molecule has 0 aliphatic rings. The van der Waals surface area contributed by atoms with Crippen LogP contribution in [0.2, 0.25) is 0 Å². The van der Waals surface area contributed by atoms with E-state index in [1.165, 1.54) is 0 Å². The normalized spacial score (nSPS) is 10.4. The summed E-state index contributed by atoms with van der Waals surface area (Å²) in [5.41, 5.74) is 2.83. The van der Waals surface area contributed by atoms with Gasteiger partial charge in [-0.05, 0) is 30.3 Å². The number of amides is 1. The third-order valence-corrected chi connectivity index (χ3v) is 3.30. The molecule has 3 rings (SSSR count). The third-order valence-electron chi connectivity index (χ3n) is 3.30. The number of aryl methyl sites for hydroxylation is 1. The fourth-order valence-electron chi connectivity index (χ4n) is 2.23. The van der Waals surface area contributed by atoms with Crippen molar-refractivity contribution in [3.05, 3.63) is 67.1 Å². The van der Waals surface area contributed by atoms with Crippen LogP contribution in [-0.4, -0.2) is 20.7 Å². The van der Waals surface area contributed by atoms with E-state index >= 15 is 0 Å². The molecule has 0 unspecified atom stereocenters. The molecule has 5 nitrogen and oxygen atoms in total. The number of rotatable bonds is 5. The minimum Gasteiger partial charge on any atom is -0.326 e. The zero-order valence-electron chi connectivity index (χ0n) is 12.0. The summed E-state index contributed by atoms with van der Waals surface area (Å²) >= 11 is 0. The molecule has 0 fully saturated rings. The van der Waals surface area contributed by atoms with Crippen molar-refractivity contribution < 1.29 is 4.79 Å². The largest absolute Gasteiger partial charge is 0.326 e. The van der Waals surface area contributed by atoms with E-state index in [-0.39, 0.29) is 5.91 Å². The number of anilines is 1. The first-order valence-electron chi connectivity index (χ1n) is 7.10. The molecule has 1 N–H and O–H groups in total. The van der Waals surface area contributed by atoms with Gasteiger partial charge in [0.15, 0.2) is 0 Å². The number of aromatic nitrogens is 3. The van der Waals surface area contributed by atoms with Crippen LogP contribution in [0.1, 0.15) is 6.42 Å². The van der Waals surface area contributed by atoms with Gasteiger partial charge in [-0.2, -0.15) is 5.10 Å². The maximum Gasteiger partial charge on any atom is 0.226 e. The zero-order chi connectivity index (χ0) is 15.2. The van der Waals surface area contributed by atoms with Gasteiger partial charge < -0.3 is 5.32 Å². The second-order valence-corrected chi connectivity index (χ2v) is 4.84. The number of nitrogens with zero attached hydrogens (tertiary/aromatic N) is 3. The maximum absolute atomic E-state index is 12.0. The predicted molar refractivity (Wildman–Crippen MR) is 85.1 cm³/mol. The van der Waals surface area contributed by atoms with Crippen molar-refractivity contribution >= 4 is 11.6 Å². The van der Waals surface area contributed by atoms with Gasteiger partial charge in [0, 0.05) is 36.3 Å². The standard InChI is InChI=1S/C17H16N4O/c22-17(20-15-4-2-1-3-5-15)9-13-21-16(8-12-19-21)14-6-10-18-11-7-14/h1-8,10-12H,9,13H2,(H,20,22). The van der Waals surface area contributed by atoms with Gasteiger partial charge in [0.25, 0.3) is 0 Å². The lowest BCUT2D eigenvalue weighted by Gasteiger charge is -2.08. The molecule has 1 amide bonds. The first-order valence-corrected chi connectivity index (χ1v) is 7.10. The minimum absolute atomic E-state index is 0.0256. The molecular formula is C17H16N4O. The van der Waals surface area contributed by atoms with Crippen molar-refractivity contribution in [2.75, 3.05) is 5.32 Å². The molecule has 0 atom stereocenters. The monoisotopic (exact) mass is 292 g/mol. The van der Waals surface area contributed by atoms with Gasteiger partial charge in [0.1, 0.15) is 0 Å². The highest BCUT2D eigenvalue weighted by Crippen LogP contribution is 2.17. The molecule has 0 aliphatic heterocycles.